The van der Waals surface area contributed by atoms with Crippen LogP contribution in [0.4, 0.5) is 0 Å². The van der Waals surface area contributed by atoms with Gasteiger partial charge < -0.3 is 9.13 Å². The van der Waals surface area contributed by atoms with Crippen molar-refractivity contribution in [1.82, 2.24) is 48.3 Å². The molecule has 15 heteroatoms. The van der Waals surface area contributed by atoms with Gasteiger partial charge in [0, 0.05) is 86.3 Å². The second-order valence-corrected chi connectivity index (χ2v) is 29.7. The molecular formula is C108H77BBrIrN11S-. The minimum absolute atomic E-state index is 0. The molecule has 0 aliphatic carbocycles. The first-order valence-corrected chi connectivity index (χ1v) is 41.4. The Morgan fingerprint density at radius 2 is 0.537 bits per heavy atom. The Balaban J connectivity index is 0.000000117. The number of thiol groups is 1. The van der Waals surface area contributed by atoms with E-state index in [-0.39, 0.29) is 20.1 Å². The molecule has 0 unspecified atom stereocenters. The molecule has 0 saturated carbocycles. The maximum atomic E-state index is 5.29. The van der Waals surface area contributed by atoms with Gasteiger partial charge in [0.25, 0.3) is 0 Å². The van der Waals surface area contributed by atoms with Gasteiger partial charge in [0.2, 0.25) is 0 Å². The Bertz CT molecular complexity index is 6810. The summed E-state index contributed by atoms with van der Waals surface area (Å²) in [6.45, 7) is 0. The Hall–Kier alpha value is -14.7. The molecule has 0 amide bonds. The molecule has 0 aliphatic rings. The van der Waals surface area contributed by atoms with E-state index in [1.807, 2.05) is 137 Å². The molecule has 2 radical (unpaired) electrons. The first-order chi connectivity index (χ1) is 60.5. The summed E-state index contributed by atoms with van der Waals surface area (Å²) in [6.07, 6.45) is 0. The van der Waals surface area contributed by atoms with Gasteiger partial charge >= 0.3 is 24.8 Å². The van der Waals surface area contributed by atoms with Crippen molar-refractivity contribution in [1.29, 1.82) is 0 Å². The summed E-state index contributed by atoms with van der Waals surface area (Å²) in [5, 5.41) is 25.2. The van der Waals surface area contributed by atoms with Crippen molar-refractivity contribution in [2.24, 2.45) is 4.30 Å². The van der Waals surface area contributed by atoms with Gasteiger partial charge in [0.15, 0.2) is 0 Å². The fraction of sp³-hybridized carbons (Fsp3) is 0. The van der Waals surface area contributed by atoms with Gasteiger partial charge in [0.05, 0.1) is 83.4 Å². The SMILES string of the molecule is Brc1c(-c2ccccc2)nn(-c2ccccc2)c1-c1ccccc1.[B]=NS.[Ir].[c-]1ccccc1-c1nn(-c2ccccc2)c(-c2ccccc2)c1-n1c2ccccc2c2ccccc21.c1ccc(-c2cc(-c3ccccc3)n(-c3ccccc3)n2)cc1.c1ccc(-c2nn(-c3ccccc3)c(-c3ccccc3)c2-n2c3ccccc3c3ccccc32)cc1. The normalized spacial score (nSPS) is 10.8. The molecule has 22 aromatic rings. The third-order valence-corrected chi connectivity index (χ3v) is 22.0. The maximum Gasteiger partial charge on any atom is 0.117 e. The largest absolute Gasteiger partial charge is 0.314 e. The molecule has 16 aromatic carbocycles. The monoisotopic (exact) mass is 1840 g/mol. The van der Waals surface area contributed by atoms with Gasteiger partial charge in [0.1, 0.15) is 17.1 Å². The van der Waals surface area contributed by atoms with Gasteiger partial charge in [-0.05, 0) is 94.8 Å². The van der Waals surface area contributed by atoms with Crippen molar-refractivity contribution >= 4 is 80.0 Å². The van der Waals surface area contributed by atoms with Crippen LogP contribution in [0.3, 0.4) is 0 Å². The van der Waals surface area contributed by atoms with E-state index < -0.39 is 0 Å². The summed E-state index contributed by atoms with van der Waals surface area (Å²) in [5.74, 6) is 0. The summed E-state index contributed by atoms with van der Waals surface area (Å²) < 4.78 is 16.6. The van der Waals surface area contributed by atoms with Crippen molar-refractivity contribution in [3.63, 3.8) is 0 Å². The number of benzene rings is 16. The summed E-state index contributed by atoms with van der Waals surface area (Å²) in [5.41, 5.74) is 27.7. The van der Waals surface area contributed by atoms with E-state index in [1.165, 1.54) is 32.6 Å². The second kappa shape index (κ2) is 38.1. The van der Waals surface area contributed by atoms with Gasteiger partial charge in [-0.2, -0.15) is 15.3 Å². The molecule has 11 nitrogen and oxygen atoms in total. The van der Waals surface area contributed by atoms with E-state index in [0.717, 1.165) is 140 Å². The molecule has 0 saturated heterocycles. The van der Waals surface area contributed by atoms with Crippen LogP contribution in [-0.4, -0.2) is 55.9 Å². The standard InChI is InChI=1S/C33H23N3.C33H22N3.C21H15BrN2.C21H16N2.BHNS.Ir/c2*1-4-14-24(15-5-1)31-33(35-29-22-12-10-20-27(29)28-21-11-13-23-30(28)35)32(25-16-6-2-7-17-25)36(34-31)26-18-8-3-9-19-26;22-19-20(16-10-4-1-5-11-16)23-24(18-14-8-3-9-15-18)21(19)17-12-6-2-7-13-17;1-4-10-17(11-5-1)20-16-21(18-12-6-2-7-13-18)23(22-20)19-14-8-3-9-15-19;1-2-3;/h1-23H;1-14,16-23H;1-15H;1-16H;3H;/q;-1;;;;. The smallest absolute Gasteiger partial charge is 0.117 e. The van der Waals surface area contributed by atoms with Crippen LogP contribution in [0.2, 0.25) is 0 Å². The van der Waals surface area contributed by atoms with E-state index in [0.29, 0.717) is 0 Å². The zero-order valence-electron chi connectivity index (χ0n) is 66.5. The van der Waals surface area contributed by atoms with E-state index in [1.54, 1.807) is 0 Å². The Labute approximate surface area is 742 Å². The topological polar surface area (TPSA) is 93.5 Å². The van der Waals surface area contributed by atoms with Crippen molar-refractivity contribution in [2.45, 2.75) is 0 Å². The number of nitrogens with zero attached hydrogens (tertiary/aromatic N) is 11. The molecule has 6 heterocycles. The minimum Gasteiger partial charge on any atom is -0.314 e. The quantitative estimate of drug-likeness (QED) is 0.0667. The number of fused-ring (bicyclic) bond motifs is 6. The van der Waals surface area contributed by atoms with E-state index >= 15 is 0 Å². The predicted molar refractivity (Wildman–Crippen MR) is 510 cm³/mol. The van der Waals surface area contributed by atoms with Crippen molar-refractivity contribution in [3.05, 3.63) is 472 Å². The van der Waals surface area contributed by atoms with E-state index in [2.05, 4.69) is 399 Å². The van der Waals surface area contributed by atoms with Crippen LogP contribution in [0, 0.1) is 6.07 Å². The number of rotatable bonds is 14. The molecule has 0 N–H and O–H groups in total. The van der Waals surface area contributed by atoms with Crippen LogP contribution in [0.15, 0.2) is 470 Å². The molecule has 123 heavy (non-hydrogen) atoms. The zero-order valence-corrected chi connectivity index (χ0v) is 71.4. The molecule has 590 valence electrons. The van der Waals surface area contributed by atoms with Gasteiger partial charge in [-0.1, -0.05) is 358 Å². The Kier molecular flexibility index (Phi) is 25.0. The fourth-order valence-corrected chi connectivity index (χ4v) is 16.5. The fourth-order valence-electron chi connectivity index (χ4n) is 15.8. The van der Waals surface area contributed by atoms with Crippen LogP contribution in [0.25, 0.3) is 168 Å². The predicted octanol–water partition coefficient (Wildman–Crippen LogP) is 27.8. The third kappa shape index (κ3) is 16.9. The Morgan fingerprint density at radius 1 is 0.268 bits per heavy atom. The number of para-hydroxylation sites is 8. The molecule has 22 rings (SSSR count). The van der Waals surface area contributed by atoms with Crippen LogP contribution >= 0.6 is 28.7 Å². The van der Waals surface area contributed by atoms with Crippen molar-refractivity contribution in [3.8, 4) is 124 Å². The van der Waals surface area contributed by atoms with Gasteiger partial charge in [-0.3, -0.25) is 0 Å². The average molecular weight is 1840 g/mol. The second-order valence-electron chi connectivity index (χ2n) is 28.7. The van der Waals surface area contributed by atoms with Gasteiger partial charge in [-0.15, -0.1) is 35.9 Å². The van der Waals surface area contributed by atoms with Crippen LogP contribution in [0.1, 0.15) is 0 Å². The average Bonchev–Trinajstić information content (AvgIpc) is 1.57. The Morgan fingerprint density at radius 3 is 0.902 bits per heavy atom. The first-order valence-electron chi connectivity index (χ1n) is 40.2. The number of hydrogen-bond acceptors (Lipinski definition) is 6. The molecule has 0 spiro atoms. The minimum atomic E-state index is 0. The maximum absolute atomic E-state index is 5.29. The van der Waals surface area contributed by atoms with Crippen LogP contribution < -0.4 is 0 Å². The molecule has 0 aliphatic heterocycles. The summed E-state index contributed by atoms with van der Waals surface area (Å²) >= 11 is 6.98. The summed E-state index contributed by atoms with van der Waals surface area (Å²) in [7, 11) is 4.34. The number of halogens is 1. The van der Waals surface area contributed by atoms with Gasteiger partial charge in [-0.25, -0.2) is 23.8 Å². The first kappa shape index (κ1) is 80.7. The number of hydrogen-bond donors (Lipinski definition) is 1. The third-order valence-electron chi connectivity index (χ3n) is 21.2. The molecule has 0 atom stereocenters. The van der Waals surface area contributed by atoms with E-state index in [4.69, 9.17) is 20.4 Å². The molecule has 6 aromatic heterocycles. The van der Waals surface area contributed by atoms with E-state index in [9.17, 15) is 0 Å². The van der Waals surface area contributed by atoms with Crippen LogP contribution in [-0.2, 0) is 20.1 Å². The summed E-state index contributed by atoms with van der Waals surface area (Å²) in [4.78, 5) is 0. The zero-order chi connectivity index (χ0) is 82.3. The number of aromatic nitrogens is 10. The molecule has 0 bridgehead atoms. The molecule has 0 fully saturated rings. The van der Waals surface area contributed by atoms with Crippen molar-refractivity contribution in [2.75, 3.05) is 0 Å². The summed E-state index contributed by atoms with van der Waals surface area (Å²) in [6, 6.07) is 162. The molecular weight excluding hydrogens is 1770 g/mol. The van der Waals surface area contributed by atoms with Crippen LogP contribution in [0.5, 0.6) is 0 Å². The van der Waals surface area contributed by atoms with Crippen molar-refractivity contribution < 1.29 is 20.1 Å².